The zero-order valence-corrected chi connectivity index (χ0v) is 11.0. The fourth-order valence-electron chi connectivity index (χ4n) is 1.37. The molecule has 0 fully saturated rings. The summed E-state index contributed by atoms with van der Waals surface area (Å²) in [4.78, 5) is 9.54. The van der Waals surface area contributed by atoms with Crippen molar-refractivity contribution in [3.63, 3.8) is 0 Å². The van der Waals surface area contributed by atoms with Gasteiger partial charge in [-0.3, -0.25) is 4.98 Å². The van der Waals surface area contributed by atoms with Gasteiger partial charge in [0.25, 0.3) is 0 Å². The van der Waals surface area contributed by atoms with Crippen molar-refractivity contribution >= 4 is 11.3 Å². The van der Waals surface area contributed by atoms with E-state index in [1.54, 1.807) is 11.3 Å². The first kappa shape index (κ1) is 11.8. The SMILES string of the molecule is Cc1ncc(C#Cc2ccc(C(C)C)nc2)s1. The van der Waals surface area contributed by atoms with Gasteiger partial charge in [0.2, 0.25) is 0 Å². The highest BCUT2D eigenvalue weighted by Gasteiger charge is 1.99. The normalized spacial score (nSPS) is 10.1. The lowest BCUT2D eigenvalue weighted by atomic mass is 10.1. The lowest BCUT2D eigenvalue weighted by Crippen LogP contribution is -1.91. The van der Waals surface area contributed by atoms with Crippen LogP contribution in [0.2, 0.25) is 0 Å². The molecule has 2 heterocycles. The van der Waals surface area contributed by atoms with Gasteiger partial charge in [0, 0.05) is 17.5 Å². The van der Waals surface area contributed by atoms with Gasteiger partial charge in [-0.05, 0) is 30.9 Å². The Bertz CT molecular complexity index is 556. The van der Waals surface area contributed by atoms with Crippen molar-refractivity contribution in [3.8, 4) is 11.8 Å². The molecular weight excluding hydrogens is 228 g/mol. The predicted molar refractivity (Wildman–Crippen MR) is 71.2 cm³/mol. The molecule has 2 aromatic heterocycles. The highest BCUT2D eigenvalue weighted by atomic mass is 32.1. The summed E-state index contributed by atoms with van der Waals surface area (Å²) >= 11 is 1.61. The number of pyridine rings is 1. The molecule has 0 aliphatic heterocycles. The number of nitrogens with zero attached hydrogens (tertiary/aromatic N) is 2. The fraction of sp³-hybridized carbons (Fsp3) is 0.286. The summed E-state index contributed by atoms with van der Waals surface area (Å²) in [5.41, 5.74) is 2.05. The lowest BCUT2D eigenvalue weighted by Gasteiger charge is -2.02. The molecule has 0 aliphatic rings. The van der Waals surface area contributed by atoms with E-state index >= 15 is 0 Å². The Kier molecular flexibility index (Phi) is 3.55. The van der Waals surface area contributed by atoms with Crippen LogP contribution in [-0.4, -0.2) is 9.97 Å². The summed E-state index contributed by atoms with van der Waals surface area (Å²) in [5.74, 6) is 6.65. The van der Waals surface area contributed by atoms with Crippen LogP contribution in [0, 0.1) is 18.8 Å². The van der Waals surface area contributed by atoms with Crippen LogP contribution in [0.4, 0.5) is 0 Å². The van der Waals surface area contributed by atoms with E-state index in [2.05, 4.69) is 35.7 Å². The number of aromatic nitrogens is 2. The summed E-state index contributed by atoms with van der Waals surface area (Å²) in [7, 11) is 0. The molecule has 0 amide bonds. The smallest absolute Gasteiger partial charge is 0.0973 e. The highest BCUT2D eigenvalue weighted by molar-refractivity contribution is 7.12. The zero-order valence-electron chi connectivity index (χ0n) is 10.2. The number of rotatable bonds is 1. The number of hydrogen-bond acceptors (Lipinski definition) is 3. The zero-order chi connectivity index (χ0) is 12.3. The van der Waals surface area contributed by atoms with Crippen LogP contribution in [0.15, 0.2) is 24.5 Å². The van der Waals surface area contributed by atoms with Crippen molar-refractivity contribution in [2.75, 3.05) is 0 Å². The van der Waals surface area contributed by atoms with E-state index in [9.17, 15) is 0 Å². The number of thiazole rings is 1. The molecule has 0 saturated heterocycles. The summed E-state index contributed by atoms with van der Waals surface area (Å²) in [6, 6.07) is 4.05. The number of hydrogen-bond donors (Lipinski definition) is 0. The van der Waals surface area contributed by atoms with Crippen molar-refractivity contribution in [3.05, 3.63) is 45.7 Å². The first-order valence-corrected chi connectivity index (χ1v) is 6.37. The maximum absolute atomic E-state index is 4.38. The average Bonchev–Trinajstić information content (AvgIpc) is 2.73. The molecule has 0 saturated carbocycles. The molecule has 0 N–H and O–H groups in total. The second-order valence-corrected chi connectivity index (χ2v) is 5.35. The molecule has 0 unspecified atom stereocenters. The van der Waals surface area contributed by atoms with Gasteiger partial charge in [0.1, 0.15) is 0 Å². The first-order chi connectivity index (χ1) is 8.15. The molecule has 3 heteroatoms. The largest absolute Gasteiger partial charge is 0.260 e. The summed E-state index contributed by atoms with van der Waals surface area (Å²) in [5, 5.41) is 1.04. The minimum atomic E-state index is 0.459. The van der Waals surface area contributed by atoms with Crippen molar-refractivity contribution < 1.29 is 0 Å². The van der Waals surface area contributed by atoms with Crippen LogP contribution in [0.5, 0.6) is 0 Å². The van der Waals surface area contributed by atoms with Crippen LogP contribution in [-0.2, 0) is 0 Å². The van der Waals surface area contributed by atoms with E-state index in [-0.39, 0.29) is 0 Å². The van der Waals surface area contributed by atoms with E-state index in [1.165, 1.54) is 0 Å². The van der Waals surface area contributed by atoms with Gasteiger partial charge in [-0.2, -0.15) is 0 Å². The third-order valence-electron chi connectivity index (χ3n) is 2.33. The maximum atomic E-state index is 4.38. The minimum Gasteiger partial charge on any atom is -0.260 e. The average molecular weight is 242 g/mol. The van der Waals surface area contributed by atoms with Crippen LogP contribution >= 0.6 is 11.3 Å². The van der Waals surface area contributed by atoms with E-state index in [4.69, 9.17) is 0 Å². The van der Waals surface area contributed by atoms with Gasteiger partial charge in [0.15, 0.2) is 0 Å². The van der Waals surface area contributed by atoms with Gasteiger partial charge in [-0.25, -0.2) is 4.98 Å². The van der Waals surface area contributed by atoms with Crippen LogP contribution < -0.4 is 0 Å². The Morgan fingerprint density at radius 2 is 1.94 bits per heavy atom. The molecular formula is C14H14N2S. The summed E-state index contributed by atoms with van der Waals surface area (Å²) in [6.07, 6.45) is 3.64. The molecule has 0 bridgehead atoms. The van der Waals surface area contributed by atoms with E-state index < -0.39 is 0 Å². The Morgan fingerprint density at radius 3 is 2.47 bits per heavy atom. The molecule has 2 aromatic rings. The molecule has 0 radical (unpaired) electrons. The quantitative estimate of drug-likeness (QED) is 0.716. The van der Waals surface area contributed by atoms with E-state index in [0.717, 1.165) is 21.1 Å². The fourth-order valence-corrected chi connectivity index (χ4v) is 2.00. The van der Waals surface area contributed by atoms with Crippen LogP contribution in [0.25, 0.3) is 0 Å². The van der Waals surface area contributed by atoms with Crippen molar-refractivity contribution in [2.45, 2.75) is 26.7 Å². The van der Waals surface area contributed by atoms with Crippen molar-refractivity contribution in [1.82, 2.24) is 9.97 Å². The van der Waals surface area contributed by atoms with Gasteiger partial charge in [-0.1, -0.05) is 19.8 Å². The summed E-state index contributed by atoms with van der Waals surface area (Å²) in [6.45, 7) is 6.25. The molecule has 0 spiro atoms. The Labute approximate surface area is 106 Å². The summed E-state index contributed by atoms with van der Waals surface area (Å²) < 4.78 is 0. The Balaban J connectivity index is 2.17. The van der Waals surface area contributed by atoms with Gasteiger partial charge >= 0.3 is 0 Å². The minimum absolute atomic E-state index is 0.459. The monoisotopic (exact) mass is 242 g/mol. The van der Waals surface area contributed by atoms with E-state index in [1.807, 2.05) is 31.5 Å². The molecule has 0 atom stereocenters. The first-order valence-electron chi connectivity index (χ1n) is 5.55. The highest BCUT2D eigenvalue weighted by Crippen LogP contribution is 2.12. The predicted octanol–water partition coefficient (Wildman–Crippen LogP) is 3.37. The standard InChI is InChI=1S/C14H14N2S/c1-10(2)14-7-5-12(8-16-14)4-6-13-9-15-11(3)17-13/h5,7-10H,1-3H3. The second-order valence-electron chi connectivity index (χ2n) is 4.12. The topological polar surface area (TPSA) is 25.8 Å². The second kappa shape index (κ2) is 5.11. The maximum Gasteiger partial charge on any atom is 0.0973 e. The lowest BCUT2D eigenvalue weighted by molar-refractivity contribution is 0.822. The molecule has 0 aliphatic carbocycles. The Hall–Kier alpha value is -1.66. The van der Waals surface area contributed by atoms with Gasteiger partial charge < -0.3 is 0 Å². The molecule has 17 heavy (non-hydrogen) atoms. The Morgan fingerprint density at radius 1 is 1.12 bits per heavy atom. The van der Waals surface area contributed by atoms with Crippen LogP contribution in [0.1, 0.15) is 40.9 Å². The van der Waals surface area contributed by atoms with E-state index in [0.29, 0.717) is 5.92 Å². The molecule has 86 valence electrons. The van der Waals surface area contributed by atoms with Gasteiger partial charge in [-0.15, -0.1) is 11.3 Å². The van der Waals surface area contributed by atoms with Crippen molar-refractivity contribution in [2.24, 2.45) is 0 Å². The molecule has 0 aromatic carbocycles. The third-order valence-corrected chi connectivity index (χ3v) is 3.16. The van der Waals surface area contributed by atoms with Crippen LogP contribution in [0.3, 0.4) is 0 Å². The van der Waals surface area contributed by atoms with Gasteiger partial charge in [0.05, 0.1) is 16.1 Å². The third kappa shape index (κ3) is 3.15. The number of aryl methyl sites for hydroxylation is 1. The van der Waals surface area contributed by atoms with Crippen molar-refractivity contribution in [1.29, 1.82) is 0 Å². The molecule has 2 nitrogen and oxygen atoms in total. The molecule has 2 rings (SSSR count).